The zero-order valence-corrected chi connectivity index (χ0v) is 12.9. The lowest BCUT2D eigenvalue weighted by Gasteiger charge is -2.09. The number of hydrogen-bond donors (Lipinski definition) is 1. The molecule has 0 aliphatic rings. The standard InChI is InChI=1S/C19H12FN3O2/c1-2-13-4-3-5-14(6-13)19(24)23-16-7-15(20)8-17(9-16)25-18-10-21-12-22-11-18/h1,3-12H,(H,23,24). The summed E-state index contributed by atoms with van der Waals surface area (Å²) in [4.78, 5) is 19.9. The van der Waals surface area contributed by atoms with Gasteiger partial charge in [0.25, 0.3) is 5.91 Å². The van der Waals surface area contributed by atoms with Gasteiger partial charge in [-0.1, -0.05) is 12.0 Å². The fourth-order valence-electron chi connectivity index (χ4n) is 2.12. The molecule has 0 radical (unpaired) electrons. The van der Waals surface area contributed by atoms with Gasteiger partial charge in [0.15, 0.2) is 5.75 Å². The molecule has 0 atom stereocenters. The van der Waals surface area contributed by atoms with Crippen LogP contribution in [0.4, 0.5) is 10.1 Å². The third-order valence-corrected chi connectivity index (χ3v) is 3.19. The number of anilines is 1. The van der Waals surface area contributed by atoms with Crippen molar-refractivity contribution in [3.63, 3.8) is 0 Å². The number of carbonyl (C=O) groups is 1. The van der Waals surface area contributed by atoms with Crippen LogP contribution < -0.4 is 10.1 Å². The molecule has 0 unspecified atom stereocenters. The van der Waals surface area contributed by atoms with Crippen LogP contribution in [0, 0.1) is 18.2 Å². The summed E-state index contributed by atoms with van der Waals surface area (Å²) in [5, 5.41) is 2.62. The Kier molecular flexibility index (Phi) is 4.67. The minimum absolute atomic E-state index is 0.211. The monoisotopic (exact) mass is 333 g/mol. The van der Waals surface area contributed by atoms with Crippen LogP contribution in [0.5, 0.6) is 11.5 Å². The Morgan fingerprint density at radius 3 is 2.68 bits per heavy atom. The summed E-state index contributed by atoms with van der Waals surface area (Å²) in [6, 6.07) is 10.5. The van der Waals surface area contributed by atoms with Crippen LogP contribution in [-0.4, -0.2) is 15.9 Å². The Hall–Kier alpha value is -3.72. The molecular formula is C19H12FN3O2. The average Bonchev–Trinajstić information content (AvgIpc) is 2.62. The molecule has 1 heterocycles. The topological polar surface area (TPSA) is 64.1 Å². The van der Waals surface area contributed by atoms with Crippen molar-refractivity contribution >= 4 is 11.6 Å². The lowest BCUT2D eigenvalue weighted by atomic mass is 10.1. The molecule has 5 nitrogen and oxygen atoms in total. The summed E-state index contributed by atoms with van der Waals surface area (Å²) in [6.07, 6.45) is 9.57. The van der Waals surface area contributed by atoms with E-state index in [9.17, 15) is 9.18 Å². The molecule has 3 rings (SSSR count). The van der Waals surface area contributed by atoms with Crippen LogP contribution in [0.1, 0.15) is 15.9 Å². The van der Waals surface area contributed by atoms with E-state index in [1.54, 1.807) is 24.3 Å². The van der Waals surface area contributed by atoms with Crippen LogP contribution in [0.3, 0.4) is 0 Å². The first-order valence-electron chi connectivity index (χ1n) is 7.25. The first-order valence-corrected chi connectivity index (χ1v) is 7.25. The van der Waals surface area contributed by atoms with Gasteiger partial charge in [0, 0.05) is 28.9 Å². The smallest absolute Gasteiger partial charge is 0.255 e. The zero-order chi connectivity index (χ0) is 17.6. The van der Waals surface area contributed by atoms with E-state index in [2.05, 4.69) is 21.2 Å². The highest BCUT2D eigenvalue weighted by Gasteiger charge is 2.09. The van der Waals surface area contributed by atoms with E-state index in [1.807, 2.05) is 0 Å². The highest BCUT2D eigenvalue weighted by molar-refractivity contribution is 6.04. The second-order valence-electron chi connectivity index (χ2n) is 5.03. The maximum Gasteiger partial charge on any atom is 0.255 e. The zero-order valence-electron chi connectivity index (χ0n) is 12.9. The van der Waals surface area contributed by atoms with Crippen molar-refractivity contribution in [2.75, 3.05) is 5.32 Å². The van der Waals surface area contributed by atoms with Crippen LogP contribution >= 0.6 is 0 Å². The van der Waals surface area contributed by atoms with Gasteiger partial charge in [-0.15, -0.1) is 6.42 Å². The van der Waals surface area contributed by atoms with Crippen molar-refractivity contribution in [3.8, 4) is 23.8 Å². The number of benzene rings is 2. The fraction of sp³-hybridized carbons (Fsp3) is 0. The van der Waals surface area contributed by atoms with Crippen LogP contribution in [0.15, 0.2) is 61.2 Å². The summed E-state index contributed by atoms with van der Waals surface area (Å²) in [6.45, 7) is 0. The predicted octanol–water partition coefficient (Wildman–Crippen LogP) is 3.64. The average molecular weight is 333 g/mol. The number of ether oxygens (including phenoxy) is 1. The maximum absolute atomic E-state index is 13.8. The summed E-state index contributed by atoms with van der Waals surface area (Å²) in [5.41, 5.74) is 1.21. The molecule has 1 amide bonds. The van der Waals surface area contributed by atoms with Gasteiger partial charge in [0.05, 0.1) is 12.4 Å². The summed E-state index contributed by atoms with van der Waals surface area (Å²) in [5.74, 6) is 2.06. The number of amides is 1. The number of halogens is 1. The molecule has 6 heteroatoms. The normalized spacial score (nSPS) is 9.92. The van der Waals surface area contributed by atoms with E-state index in [1.165, 1.54) is 36.9 Å². The van der Waals surface area contributed by atoms with Gasteiger partial charge < -0.3 is 10.1 Å². The van der Waals surface area contributed by atoms with Crippen LogP contribution in [0.2, 0.25) is 0 Å². The second-order valence-corrected chi connectivity index (χ2v) is 5.03. The highest BCUT2D eigenvalue weighted by atomic mass is 19.1. The van der Waals surface area contributed by atoms with Crippen molar-refractivity contribution in [1.29, 1.82) is 0 Å². The Labute approximate surface area is 143 Å². The Bertz CT molecular complexity index is 952. The molecule has 3 aromatic rings. The van der Waals surface area contributed by atoms with Crippen LogP contribution in [-0.2, 0) is 0 Å². The third-order valence-electron chi connectivity index (χ3n) is 3.19. The molecular weight excluding hydrogens is 321 g/mol. The molecule has 2 aromatic carbocycles. The number of terminal acetylenes is 1. The van der Waals surface area contributed by atoms with Crippen LogP contribution in [0.25, 0.3) is 0 Å². The first-order chi connectivity index (χ1) is 12.1. The molecule has 0 saturated carbocycles. The summed E-state index contributed by atoms with van der Waals surface area (Å²) in [7, 11) is 0. The third kappa shape index (κ3) is 4.18. The van der Waals surface area contributed by atoms with Gasteiger partial charge in [-0.05, 0) is 24.3 Å². The minimum Gasteiger partial charge on any atom is -0.454 e. The predicted molar refractivity (Wildman–Crippen MR) is 90.8 cm³/mol. The highest BCUT2D eigenvalue weighted by Crippen LogP contribution is 2.25. The van der Waals surface area contributed by atoms with E-state index in [0.717, 1.165) is 0 Å². The van der Waals surface area contributed by atoms with Crippen molar-refractivity contribution in [2.24, 2.45) is 0 Å². The molecule has 0 bridgehead atoms. The van der Waals surface area contributed by atoms with Gasteiger partial charge >= 0.3 is 0 Å². The molecule has 0 saturated heterocycles. The lowest BCUT2D eigenvalue weighted by Crippen LogP contribution is -2.12. The number of carbonyl (C=O) groups excluding carboxylic acids is 1. The van der Waals surface area contributed by atoms with Crippen molar-refractivity contribution in [3.05, 3.63) is 78.1 Å². The van der Waals surface area contributed by atoms with Gasteiger partial charge in [-0.25, -0.2) is 14.4 Å². The molecule has 1 N–H and O–H groups in total. The van der Waals surface area contributed by atoms with Crippen molar-refractivity contribution in [2.45, 2.75) is 0 Å². The fourth-order valence-corrected chi connectivity index (χ4v) is 2.12. The Morgan fingerprint density at radius 2 is 1.92 bits per heavy atom. The largest absolute Gasteiger partial charge is 0.454 e. The molecule has 0 fully saturated rings. The van der Waals surface area contributed by atoms with Crippen molar-refractivity contribution in [1.82, 2.24) is 9.97 Å². The van der Waals surface area contributed by atoms with Gasteiger partial charge in [0.1, 0.15) is 17.9 Å². The molecule has 0 aliphatic heterocycles. The lowest BCUT2D eigenvalue weighted by molar-refractivity contribution is 0.102. The molecule has 122 valence electrons. The maximum atomic E-state index is 13.8. The Balaban J connectivity index is 1.80. The van der Waals surface area contributed by atoms with E-state index >= 15 is 0 Å². The molecule has 1 aromatic heterocycles. The number of aromatic nitrogens is 2. The number of rotatable bonds is 4. The molecule has 0 spiro atoms. The number of nitrogens with zero attached hydrogens (tertiary/aromatic N) is 2. The van der Waals surface area contributed by atoms with E-state index < -0.39 is 11.7 Å². The minimum atomic E-state index is -0.554. The molecule has 25 heavy (non-hydrogen) atoms. The van der Waals surface area contributed by atoms with Gasteiger partial charge in [-0.2, -0.15) is 0 Å². The Morgan fingerprint density at radius 1 is 1.12 bits per heavy atom. The first kappa shape index (κ1) is 16.1. The van der Waals surface area contributed by atoms with Gasteiger partial charge in [0.2, 0.25) is 0 Å². The summed E-state index contributed by atoms with van der Waals surface area (Å²) < 4.78 is 19.3. The molecule has 0 aliphatic carbocycles. The van der Waals surface area contributed by atoms with E-state index in [-0.39, 0.29) is 11.4 Å². The quantitative estimate of drug-likeness (QED) is 0.740. The van der Waals surface area contributed by atoms with E-state index in [4.69, 9.17) is 11.2 Å². The second kappa shape index (κ2) is 7.23. The summed E-state index contributed by atoms with van der Waals surface area (Å²) >= 11 is 0. The number of nitrogens with one attached hydrogen (secondary N) is 1. The van der Waals surface area contributed by atoms with Crippen molar-refractivity contribution < 1.29 is 13.9 Å². The number of hydrogen-bond acceptors (Lipinski definition) is 4. The van der Waals surface area contributed by atoms with Gasteiger partial charge in [-0.3, -0.25) is 4.79 Å². The van der Waals surface area contributed by atoms with E-state index in [0.29, 0.717) is 16.9 Å². The SMILES string of the molecule is C#Cc1cccc(C(=O)Nc2cc(F)cc(Oc3cncnc3)c2)c1.